The Hall–Kier alpha value is -3.57. The molecule has 0 aliphatic carbocycles. The number of para-hydroxylation sites is 1. The lowest BCUT2D eigenvalue weighted by atomic mass is 10.1. The van der Waals surface area contributed by atoms with Crippen molar-refractivity contribution in [3.05, 3.63) is 52.4 Å². The van der Waals surface area contributed by atoms with Gasteiger partial charge in [-0.05, 0) is 29.8 Å². The molecule has 0 aromatic heterocycles. The van der Waals surface area contributed by atoms with E-state index in [1.165, 1.54) is 44.4 Å². The van der Waals surface area contributed by atoms with E-state index in [0.29, 0.717) is 32.0 Å². The van der Waals surface area contributed by atoms with Gasteiger partial charge >= 0.3 is 0 Å². The number of nitrogens with zero attached hydrogens (tertiary/aromatic N) is 1. The van der Waals surface area contributed by atoms with Crippen molar-refractivity contribution < 1.29 is 33.7 Å². The van der Waals surface area contributed by atoms with Crippen LogP contribution in [0.25, 0.3) is 6.08 Å². The van der Waals surface area contributed by atoms with Gasteiger partial charge < -0.3 is 29.4 Å². The number of carbonyl (C=O) groups excluding carboxylic acids is 3. The van der Waals surface area contributed by atoms with Crippen molar-refractivity contribution in [2.45, 2.75) is 6.42 Å². The number of anilines is 1. The number of ether oxygens (including phenoxy) is 3. The molecule has 2 aromatic rings. The van der Waals surface area contributed by atoms with E-state index in [-0.39, 0.29) is 30.1 Å². The lowest BCUT2D eigenvalue weighted by molar-refractivity contribution is -0.254. The zero-order valence-corrected chi connectivity index (χ0v) is 20.2. The van der Waals surface area contributed by atoms with Crippen LogP contribution < -0.4 is 24.6 Å². The first-order chi connectivity index (χ1) is 16.3. The number of benzene rings is 2. The molecule has 3 rings (SSSR count). The molecule has 0 saturated carbocycles. The van der Waals surface area contributed by atoms with Crippen molar-refractivity contribution >= 4 is 57.8 Å². The Morgan fingerprint density at radius 2 is 1.76 bits per heavy atom. The van der Waals surface area contributed by atoms with Crippen molar-refractivity contribution in [1.82, 2.24) is 4.90 Å². The van der Waals surface area contributed by atoms with E-state index >= 15 is 0 Å². The summed E-state index contributed by atoms with van der Waals surface area (Å²) < 4.78 is 16.3. The number of aromatic carboxylic acids is 1. The van der Waals surface area contributed by atoms with Crippen LogP contribution in [0.3, 0.4) is 0 Å². The number of carboxylic acids is 1. The molecule has 0 atom stereocenters. The Bertz CT molecular complexity index is 1150. The monoisotopic (exact) mass is 501 g/mol. The predicted molar refractivity (Wildman–Crippen MR) is 130 cm³/mol. The van der Waals surface area contributed by atoms with Crippen molar-refractivity contribution in [2.24, 2.45) is 0 Å². The van der Waals surface area contributed by atoms with E-state index in [2.05, 4.69) is 5.32 Å². The predicted octanol–water partition coefficient (Wildman–Crippen LogP) is 2.31. The van der Waals surface area contributed by atoms with Crippen LogP contribution in [0.4, 0.5) is 5.69 Å². The SMILES string of the molecule is COc1cc(/C=C2\SC(=S)N(CCC(=O)Nc3ccccc3C(=O)[O-])C2=O)cc(OC)c1OC. The molecule has 1 N–H and O–H groups in total. The fourth-order valence-corrected chi connectivity index (χ4v) is 4.53. The lowest BCUT2D eigenvalue weighted by Gasteiger charge is -2.15. The molecule has 0 spiro atoms. The number of amides is 2. The van der Waals surface area contributed by atoms with Gasteiger partial charge in [-0.3, -0.25) is 14.5 Å². The van der Waals surface area contributed by atoms with Crippen LogP contribution in [0.15, 0.2) is 41.3 Å². The molecule has 0 unspecified atom stereocenters. The highest BCUT2D eigenvalue weighted by atomic mass is 32.2. The molecular formula is C23H21N2O7S2-. The highest BCUT2D eigenvalue weighted by Gasteiger charge is 2.32. The summed E-state index contributed by atoms with van der Waals surface area (Å²) in [5.74, 6) is -0.886. The highest BCUT2D eigenvalue weighted by molar-refractivity contribution is 8.26. The minimum Gasteiger partial charge on any atom is -0.545 e. The molecule has 34 heavy (non-hydrogen) atoms. The second kappa shape index (κ2) is 11.0. The Morgan fingerprint density at radius 1 is 1.12 bits per heavy atom. The molecule has 0 bridgehead atoms. The minimum atomic E-state index is -1.40. The summed E-state index contributed by atoms with van der Waals surface area (Å²) in [7, 11) is 4.49. The molecule has 11 heteroatoms. The molecule has 0 radical (unpaired) electrons. The standard InChI is InChI=1S/C23H22N2O7S2/c1-30-16-10-13(11-17(31-2)20(16)32-3)12-18-21(27)25(23(33)34-18)9-8-19(26)24-15-7-5-4-6-14(15)22(28)29/h4-7,10-12H,8-9H2,1-3H3,(H,24,26)(H,28,29)/p-1/b18-12-. The third-order valence-electron chi connectivity index (χ3n) is 4.84. The zero-order chi connectivity index (χ0) is 24.8. The van der Waals surface area contributed by atoms with Crippen LogP contribution in [-0.2, 0) is 9.59 Å². The summed E-state index contributed by atoms with van der Waals surface area (Å²) in [6, 6.07) is 9.33. The third-order valence-corrected chi connectivity index (χ3v) is 6.22. The van der Waals surface area contributed by atoms with Crippen molar-refractivity contribution in [3.8, 4) is 17.2 Å². The molecule has 1 aliphatic heterocycles. The first-order valence-corrected chi connectivity index (χ1v) is 11.2. The van der Waals surface area contributed by atoms with Crippen molar-refractivity contribution in [3.63, 3.8) is 0 Å². The van der Waals surface area contributed by atoms with E-state index < -0.39 is 11.9 Å². The molecule has 2 aromatic carbocycles. The van der Waals surface area contributed by atoms with Crippen molar-refractivity contribution in [2.75, 3.05) is 33.2 Å². The number of thiocarbonyl (C=S) groups is 1. The largest absolute Gasteiger partial charge is 0.545 e. The van der Waals surface area contributed by atoms with Crippen LogP contribution in [-0.4, -0.2) is 54.9 Å². The molecule has 178 valence electrons. The quantitative estimate of drug-likeness (QED) is 0.408. The molecular weight excluding hydrogens is 480 g/mol. The maximum Gasteiger partial charge on any atom is 0.266 e. The van der Waals surface area contributed by atoms with Gasteiger partial charge in [0.25, 0.3) is 5.91 Å². The molecule has 1 saturated heterocycles. The van der Waals surface area contributed by atoms with E-state index in [9.17, 15) is 19.5 Å². The number of methoxy groups -OCH3 is 3. The van der Waals surface area contributed by atoms with Crippen molar-refractivity contribution in [1.29, 1.82) is 0 Å². The van der Waals surface area contributed by atoms with Gasteiger partial charge in [-0.25, -0.2) is 0 Å². The van der Waals surface area contributed by atoms with Gasteiger partial charge in [-0.1, -0.05) is 42.2 Å². The van der Waals surface area contributed by atoms with Gasteiger partial charge in [0.05, 0.1) is 32.2 Å². The van der Waals surface area contributed by atoms with Crippen LogP contribution in [0.2, 0.25) is 0 Å². The Labute approximate surface area is 205 Å². The number of nitrogens with one attached hydrogen (secondary N) is 1. The van der Waals surface area contributed by atoms with Gasteiger partial charge in [0, 0.05) is 24.2 Å². The fraction of sp³-hybridized carbons (Fsp3) is 0.217. The third kappa shape index (κ3) is 5.49. The van der Waals surface area contributed by atoms with Gasteiger partial charge in [0.15, 0.2) is 11.5 Å². The van der Waals surface area contributed by atoms with Crippen LogP contribution in [0.1, 0.15) is 22.3 Å². The maximum atomic E-state index is 12.9. The van der Waals surface area contributed by atoms with Crippen LogP contribution >= 0.6 is 24.0 Å². The Morgan fingerprint density at radius 3 is 2.35 bits per heavy atom. The molecule has 2 amide bonds. The van der Waals surface area contributed by atoms with E-state index in [4.69, 9.17) is 26.4 Å². The smallest absolute Gasteiger partial charge is 0.266 e. The van der Waals surface area contributed by atoms with Gasteiger partial charge in [0.1, 0.15) is 4.32 Å². The first kappa shape index (κ1) is 25.1. The van der Waals surface area contributed by atoms with E-state index in [0.717, 1.165) is 11.8 Å². The van der Waals surface area contributed by atoms with E-state index in [1.54, 1.807) is 24.3 Å². The van der Waals surface area contributed by atoms with Gasteiger partial charge in [-0.15, -0.1) is 0 Å². The summed E-state index contributed by atoms with van der Waals surface area (Å²) >= 11 is 6.44. The summed E-state index contributed by atoms with van der Waals surface area (Å²) in [5, 5.41) is 13.7. The fourth-order valence-electron chi connectivity index (χ4n) is 3.23. The summed E-state index contributed by atoms with van der Waals surface area (Å²) in [6.07, 6.45) is 1.57. The Kier molecular flexibility index (Phi) is 8.13. The molecule has 1 aliphatic rings. The number of hydrogen-bond donors (Lipinski definition) is 1. The Balaban J connectivity index is 1.71. The molecule has 9 nitrogen and oxygen atoms in total. The number of thioether (sulfide) groups is 1. The summed E-state index contributed by atoms with van der Waals surface area (Å²) in [6.45, 7) is 0.0383. The highest BCUT2D eigenvalue weighted by Crippen LogP contribution is 2.40. The summed E-state index contributed by atoms with van der Waals surface area (Å²) in [5.41, 5.74) is 0.640. The zero-order valence-electron chi connectivity index (χ0n) is 18.6. The first-order valence-electron chi connectivity index (χ1n) is 9.94. The topological polar surface area (TPSA) is 117 Å². The number of carbonyl (C=O) groups is 3. The lowest BCUT2D eigenvalue weighted by Crippen LogP contribution is -2.32. The average Bonchev–Trinajstić information content (AvgIpc) is 3.09. The molecule has 1 fully saturated rings. The van der Waals surface area contributed by atoms with Crippen LogP contribution in [0.5, 0.6) is 17.2 Å². The number of hydrogen-bond acceptors (Lipinski definition) is 9. The second-order valence-corrected chi connectivity index (χ2v) is 8.60. The number of carboxylic acid groups (broad SMARTS) is 1. The van der Waals surface area contributed by atoms with Gasteiger partial charge in [0.2, 0.25) is 11.7 Å². The second-order valence-electron chi connectivity index (χ2n) is 6.92. The normalized spacial score (nSPS) is 14.3. The molecule has 1 heterocycles. The maximum absolute atomic E-state index is 12.9. The summed E-state index contributed by atoms with van der Waals surface area (Å²) in [4.78, 5) is 38.2. The number of rotatable bonds is 9. The average molecular weight is 502 g/mol. The van der Waals surface area contributed by atoms with Gasteiger partial charge in [-0.2, -0.15) is 0 Å². The minimum absolute atomic E-state index is 0.0383. The van der Waals surface area contributed by atoms with E-state index in [1.807, 2.05) is 0 Å². The van der Waals surface area contributed by atoms with Crippen LogP contribution in [0, 0.1) is 0 Å².